The van der Waals surface area contributed by atoms with Gasteiger partial charge in [0.2, 0.25) is 0 Å². The predicted molar refractivity (Wildman–Crippen MR) is 68.8 cm³/mol. The number of benzene rings is 1. The molecule has 0 fully saturated rings. The van der Waals surface area contributed by atoms with E-state index in [-0.39, 0.29) is 0 Å². The first-order valence-electron chi connectivity index (χ1n) is 5.61. The van der Waals surface area contributed by atoms with Gasteiger partial charge in [0, 0.05) is 17.1 Å². The number of carboxylic acid groups (broad SMARTS) is 1. The lowest BCUT2D eigenvalue weighted by atomic mass is 10.2. The Hall–Kier alpha value is -2.23. The van der Waals surface area contributed by atoms with Gasteiger partial charge in [-0.2, -0.15) is 0 Å². The Bertz CT molecular complexity index is 582. The van der Waals surface area contributed by atoms with E-state index in [9.17, 15) is 4.79 Å². The molecule has 0 spiro atoms. The number of hydrogen-bond acceptors (Lipinski definition) is 2. The number of methoxy groups -OCH3 is 1. The van der Waals surface area contributed by atoms with Crippen LogP contribution < -0.4 is 4.74 Å². The topological polar surface area (TPSA) is 51.5 Å². The number of aromatic carboxylic acids is 1. The van der Waals surface area contributed by atoms with Crippen LogP contribution in [-0.2, 0) is 0 Å². The summed E-state index contributed by atoms with van der Waals surface area (Å²) < 4.78 is 7.03. The Morgan fingerprint density at radius 2 is 1.83 bits per heavy atom. The minimum Gasteiger partial charge on any atom is -0.497 e. The fourth-order valence-corrected chi connectivity index (χ4v) is 2.11. The number of carbonyl (C=O) groups is 1. The highest BCUT2D eigenvalue weighted by atomic mass is 16.5. The van der Waals surface area contributed by atoms with Crippen LogP contribution in [0.3, 0.4) is 0 Å². The van der Waals surface area contributed by atoms with Crippen molar-refractivity contribution in [2.75, 3.05) is 7.11 Å². The molecule has 0 aliphatic carbocycles. The van der Waals surface area contributed by atoms with E-state index >= 15 is 0 Å². The summed E-state index contributed by atoms with van der Waals surface area (Å²) in [5.41, 5.74) is 2.89. The molecule has 0 amide bonds. The lowest BCUT2D eigenvalue weighted by molar-refractivity contribution is 0.0696. The minimum absolute atomic E-state index is 0.336. The Morgan fingerprint density at radius 1 is 1.22 bits per heavy atom. The number of rotatable bonds is 3. The van der Waals surface area contributed by atoms with Crippen molar-refractivity contribution in [1.29, 1.82) is 0 Å². The van der Waals surface area contributed by atoms with Crippen LogP contribution in [0.4, 0.5) is 0 Å². The molecular formula is C14H15NO3. The molecule has 4 heteroatoms. The molecule has 0 unspecified atom stereocenters. The quantitative estimate of drug-likeness (QED) is 0.904. The number of aryl methyl sites for hydroxylation is 1. The van der Waals surface area contributed by atoms with Crippen LogP contribution in [0.15, 0.2) is 30.3 Å². The van der Waals surface area contributed by atoms with Gasteiger partial charge in [-0.05, 0) is 44.2 Å². The Labute approximate surface area is 105 Å². The van der Waals surface area contributed by atoms with E-state index in [0.29, 0.717) is 5.56 Å². The highest BCUT2D eigenvalue weighted by Gasteiger charge is 2.15. The Balaban J connectivity index is 2.53. The molecule has 4 nitrogen and oxygen atoms in total. The highest BCUT2D eigenvalue weighted by molar-refractivity contribution is 5.89. The van der Waals surface area contributed by atoms with E-state index in [1.54, 1.807) is 20.1 Å². The zero-order valence-corrected chi connectivity index (χ0v) is 10.6. The molecule has 1 aromatic heterocycles. The SMILES string of the molecule is COc1ccc(-n2c(C)cc(C(=O)O)c2C)cc1. The summed E-state index contributed by atoms with van der Waals surface area (Å²) in [4.78, 5) is 11.1. The lowest BCUT2D eigenvalue weighted by Crippen LogP contribution is -2.02. The minimum atomic E-state index is -0.900. The highest BCUT2D eigenvalue weighted by Crippen LogP contribution is 2.22. The molecule has 94 valence electrons. The van der Waals surface area contributed by atoms with E-state index in [1.807, 2.05) is 35.8 Å². The van der Waals surface area contributed by atoms with E-state index in [2.05, 4.69) is 0 Å². The monoisotopic (exact) mass is 245 g/mol. The van der Waals surface area contributed by atoms with E-state index < -0.39 is 5.97 Å². The van der Waals surface area contributed by atoms with Crippen molar-refractivity contribution < 1.29 is 14.6 Å². The first-order valence-corrected chi connectivity index (χ1v) is 5.61. The molecule has 0 radical (unpaired) electrons. The fourth-order valence-electron chi connectivity index (χ4n) is 2.11. The number of hydrogen-bond donors (Lipinski definition) is 1. The average Bonchev–Trinajstić information content (AvgIpc) is 2.65. The maximum Gasteiger partial charge on any atom is 0.337 e. The molecule has 0 saturated heterocycles. The van der Waals surface area contributed by atoms with Crippen molar-refractivity contribution >= 4 is 5.97 Å². The third-order valence-electron chi connectivity index (χ3n) is 2.99. The van der Waals surface area contributed by atoms with Crippen molar-refractivity contribution in [3.05, 3.63) is 47.3 Å². The van der Waals surface area contributed by atoms with Crippen LogP contribution in [-0.4, -0.2) is 22.8 Å². The van der Waals surface area contributed by atoms with Crippen LogP contribution in [0.25, 0.3) is 5.69 Å². The zero-order chi connectivity index (χ0) is 13.3. The van der Waals surface area contributed by atoms with Crippen LogP contribution in [0.5, 0.6) is 5.75 Å². The van der Waals surface area contributed by atoms with Crippen LogP contribution >= 0.6 is 0 Å². The molecule has 2 rings (SSSR count). The summed E-state index contributed by atoms with van der Waals surface area (Å²) in [6, 6.07) is 9.21. The van der Waals surface area contributed by atoms with Crippen molar-refractivity contribution in [3.8, 4) is 11.4 Å². The van der Waals surface area contributed by atoms with Crippen molar-refractivity contribution in [2.24, 2.45) is 0 Å². The summed E-state index contributed by atoms with van der Waals surface area (Å²) in [6.07, 6.45) is 0. The molecule has 2 aromatic rings. The normalized spacial score (nSPS) is 10.4. The zero-order valence-electron chi connectivity index (χ0n) is 10.6. The number of nitrogens with zero attached hydrogens (tertiary/aromatic N) is 1. The van der Waals surface area contributed by atoms with Crippen molar-refractivity contribution in [3.63, 3.8) is 0 Å². The van der Waals surface area contributed by atoms with Gasteiger partial charge in [0.05, 0.1) is 12.7 Å². The summed E-state index contributed by atoms with van der Waals surface area (Å²) in [7, 11) is 1.61. The van der Waals surface area contributed by atoms with Gasteiger partial charge in [0.25, 0.3) is 0 Å². The Kier molecular flexibility index (Phi) is 3.10. The summed E-state index contributed by atoms with van der Waals surface area (Å²) >= 11 is 0. The van der Waals surface area contributed by atoms with Gasteiger partial charge < -0.3 is 14.4 Å². The smallest absolute Gasteiger partial charge is 0.337 e. The van der Waals surface area contributed by atoms with Gasteiger partial charge in [0.15, 0.2) is 0 Å². The van der Waals surface area contributed by atoms with Crippen molar-refractivity contribution in [1.82, 2.24) is 4.57 Å². The van der Waals surface area contributed by atoms with Gasteiger partial charge in [-0.25, -0.2) is 4.79 Å². The van der Waals surface area contributed by atoms with Crippen LogP contribution in [0.2, 0.25) is 0 Å². The molecule has 1 heterocycles. The van der Waals surface area contributed by atoms with Gasteiger partial charge in [0.1, 0.15) is 5.75 Å². The lowest BCUT2D eigenvalue weighted by Gasteiger charge is -2.10. The predicted octanol–water partition coefficient (Wildman–Crippen LogP) is 2.80. The molecule has 0 aliphatic heterocycles. The summed E-state index contributed by atoms with van der Waals surface area (Å²) in [5, 5.41) is 9.10. The largest absolute Gasteiger partial charge is 0.497 e. The molecule has 1 aromatic carbocycles. The average molecular weight is 245 g/mol. The van der Waals surface area contributed by atoms with Crippen LogP contribution in [0.1, 0.15) is 21.7 Å². The molecule has 0 saturated carbocycles. The molecule has 1 N–H and O–H groups in total. The maximum atomic E-state index is 11.1. The molecule has 0 atom stereocenters. The summed E-state index contributed by atoms with van der Waals surface area (Å²) in [5.74, 6) is -0.123. The second-order valence-electron chi connectivity index (χ2n) is 4.12. The van der Waals surface area contributed by atoms with Gasteiger partial charge in [-0.1, -0.05) is 0 Å². The first kappa shape index (κ1) is 12.2. The van der Waals surface area contributed by atoms with Gasteiger partial charge >= 0.3 is 5.97 Å². The molecule has 18 heavy (non-hydrogen) atoms. The Morgan fingerprint density at radius 3 is 2.28 bits per heavy atom. The van der Waals surface area contributed by atoms with E-state index in [1.165, 1.54) is 0 Å². The number of ether oxygens (including phenoxy) is 1. The van der Waals surface area contributed by atoms with Crippen molar-refractivity contribution in [2.45, 2.75) is 13.8 Å². The third kappa shape index (κ3) is 1.97. The van der Waals surface area contributed by atoms with E-state index in [4.69, 9.17) is 9.84 Å². The standard InChI is InChI=1S/C14H15NO3/c1-9-8-13(14(16)17)10(2)15(9)11-4-6-12(18-3)7-5-11/h4-8H,1-3H3,(H,16,17). The van der Waals surface area contributed by atoms with Gasteiger partial charge in [-0.15, -0.1) is 0 Å². The number of carboxylic acids is 1. The number of aromatic nitrogens is 1. The van der Waals surface area contributed by atoms with Crippen LogP contribution in [0, 0.1) is 13.8 Å². The summed E-state index contributed by atoms with van der Waals surface area (Å²) in [6.45, 7) is 3.70. The molecular weight excluding hydrogens is 230 g/mol. The van der Waals surface area contributed by atoms with E-state index in [0.717, 1.165) is 22.8 Å². The first-order chi connectivity index (χ1) is 8.54. The van der Waals surface area contributed by atoms with Gasteiger partial charge in [-0.3, -0.25) is 0 Å². The molecule has 0 aliphatic rings. The molecule has 0 bridgehead atoms. The second-order valence-corrected chi connectivity index (χ2v) is 4.12. The third-order valence-corrected chi connectivity index (χ3v) is 2.99. The second kappa shape index (κ2) is 4.56. The fraction of sp³-hybridized carbons (Fsp3) is 0.214. The maximum absolute atomic E-state index is 11.1.